The molecule has 0 atom stereocenters. The van der Waals surface area contributed by atoms with Crippen molar-refractivity contribution >= 4 is 38.1 Å². The van der Waals surface area contributed by atoms with Gasteiger partial charge in [0.1, 0.15) is 0 Å². The van der Waals surface area contributed by atoms with E-state index in [2.05, 4.69) is 32.8 Å². The van der Waals surface area contributed by atoms with Crippen LogP contribution in [0.5, 0.6) is 0 Å². The van der Waals surface area contributed by atoms with E-state index in [1.807, 2.05) is 43.3 Å². The summed E-state index contributed by atoms with van der Waals surface area (Å²) in [4.78, 5) is 17.5. The average Bonchev–Trinajstić information content (AvgIpc) is 2.85. The number of amides is 1. The summed E-state index contributed by atoms with van der Waals surface area (Å²) < 4.78 is 27.8. The number of hydrogen-bond donors (Lipinski definition) is 2. The van der Waals surface area contributed by atoms with E-state index < -0.39 is 10.0 Å². The Labute approximate surface area is 201 Å². The smallest absolute Gasteiger partial charge is 0.240 e. The van der Waals surface area contributed by atoms with Crippen LogP contribution in [0.1, 0.15) is 18.9 Å². The van der Waals surface area contributed by atoms with E-state index in [4.69, 9.17) is 0 Å². The number of aryl methyl sites for hydroxylation is 1. The molecule has 7 nitrogen and oxygen atoms in total. The van der Waals surface area contributed by atoms with Crippen molar-refractivity contribution in [3.63, 3.8) is 0 Å². The molecule has 0 bridgehead atoms. The van der Waals surface area contributed by atoms with E-state index in [0.29, 0.717) is 0 Å². The largest absolute Gasteiger partial charge is 0.369 e. The van der Waals surface area contributed by atoms with E-state index in [0.717, 1.165) is 60.4 Å². The first-order valence-corrected chi connectivity index (χ1v) is 13.2. The fraction of sp³-hybridized carbons (Fsp3) is 0.346. The summed E-state index contributed by atoms with van der Waals surface area (Å²) >= 11 is 0. The second kappa shape index (κ2) is 10.5. The molecule has 3 aromatic carbocycles. The minimum Gasteiger partial charge on any atom is -0.369 e. The standard InChI is InChI=1S/C26H32N4O3S/c1-3-29-14-16-30(17-15-29)23-9-11-25(20(2)18-23)28-26(31)12-13-27-34(32,33)24-10-8-21-6-4-5-7-22(21)19-24/h4-11,18-19,27H,3,12-17H2,1-2H3,(H,28,31). The number of nitrogens with zero attached hydrogens (tertiary/aromatic N) is 2. The van der Waals surface area contributed by atoms with Crippen LogP contribution in [0.25, 0.3) is 10.8 Å². The lowest BCUT2D eigenvalue weighted by atomic mass is 10.1. The third kappa shape index (κ3) is 5.75. The molecule has 1 saturated heterocycles. The number of anilines is 2. The molecule has 0 aromatic heterocycles. The van der Waals surface area contributed by atoms with Crippen LogP contribution < -0.4 is 14.9 Å². The number of nitrogens with one attached hydrogen (secondary N) is 2. The van der Waals surface area contributed by atoms with Crippen molar-refractivity contribution in [1.29, 1.82) is 0 Å². The summed E-state index contributed by atoms with van der Waals surface area (Å²) in [6, 6.07) is 18.7. The molecule has 3 aromatic rings. The molecular weight excluding hydrogens is 448 g/mol. The Hall–Kier alpha value is -2.94. The maximum Gasteiger partial charge on any atom is 0.240 e. The van der Waals surface area contributed by atoms with Gasteiger partial charge in [-0.25, -0.2) is 13.1 Å². The van der Waals surface area contributed by atoms with Gasteiger partial charge in [0.25, 0.3) is 0 Å². The normalized spacial score (nSPS) is 14.9. The number of carbonyl (C=O) groups excluding carboxylic acids is 1. The lowest BCUT2D eigenvalue weighted by molar-refractivity contribution is -0.116. The zero-order chi connectivity index (χ0) is 24.1. The summed E-state index contributed by atoms with van der Waals surface area (Å²) in [6.45, 7) is 9.38. The maximum atomic E-state index is 12.6. The predicted octanol–water partition coefficient (Wildman–Crippen LogP) is 3.60. The number of fused-ring (bicyclic) bond motifs is 1. The van der Waals surface area contributed by atoms with Crippen LogP contribution >= 0.6 is 0 Å². The zero-order valence-electron chi connectivity index (χ0n) is 19.8. The van der Waals surface area contributed by atoms with Crippen molar-refractivity contribution in [3.05, 3.63) is 66.2 Å². The Kier molecular flexibility index (Phi) is 7.50. The van der Waals surface area contributed by atoms with E-state index >= 15 is 0 Å². The Morgan fingerprint density at radius 3 is 2.38 bits per heavy atom. The summed E-state index contributed by atoms with van der Waals surface area (Å²) in [5.41, 5.74) is 2.90. The van der Waals surface area contributed by atoms with Crippen LogP contribution in [0.3, 0.4) is 0 Å². The van der Waals surface area contributed by atoms with Crippen LogP contribution in [-0.2, 0) is 14.8 Å². The second-order valence-electron chi connectivity index (χ2n) is 8.63. The second-order valence-corrected chi connectivity index (χ2v) is 10.4. The number of sulfonamides is 1. The van der Waals surface area contributed by atoms with E-state index in [9.17, 15) is 13.2 Å². The minimum atomic E-state index is -3.69. The molecule has 180 valence electrons. The molecule has 34 heavy (non-hydrogen) atoms. The Morgan fingerprint density at radius 2 is 1.68 bits per heavy atom. The molecule has 1 fully saturated rings. The lowest BCUT2D eigenvalue weighted by Crippen LogP contribution is -2.46. The van der Waals surface area contributed by atoms with Crippen molar-refractivity contribution in [1.82, 2.24) is 9.62 Å². The van der Waals surface area contributed by atoms with Crippen molar-refractivity contribution in [2.75, 3.05) is 49.5 Å². The van der Waals surface area contributed by atoms with Gasteiger partial charge in [0.2, 0.25) is 15.9 Å². The highest BCUT2D eigenvalue weighted by molar-refractivity contribution is 7.89. The zero-order valence-corrected chi connectivity index (χ0v) is 20.6. The molecule has 0 radical (unpaired) electrons. The van der Waals surface area contributed by atoms with Gasteiger partial charge >= 0.3 is 0 Å². The predicted molar refractivity (Wildman–Crippen MR) is 138 cm³/mol. The maximum absolute atomic E-state index is 12.6. The number of carbonyl (C=O) groups is 1. The molecule has 1 heterocycles. The Morgan fingerprint density at radius 1 is 0.941 bits per heavy atom. The van der Waals surface area contributed by atoms with E-state index in [1.165, 1.54) is 0 Å². The summed E-state index contributed by atoms with van der Waals surface area (Å²) in [6.07, 6.45) is 0.0486. The Bertz CT molecular complexity index is 1270. The van der Waals surface area contributed by atoms with Crippen molar-refractivity contribution in [3.8, 4) is 0 Å². The summed E-state index contributed by atoms with van der Waals surface area (Å²) in [7, 11) is -3.69. The fourth-order valence-corrected chi connectivity index (χ4v) is 5.30. The van der Waals surface area contributed by atoms with Crippen molar-refractivity contribution in [2.45, 2.75) is 25.2 Å². The summed E-state index contributed by atoms with van der Waals surface area (Å²) in [5, 5.41) is 4.74. The number of benzene rings is 3. The quantitative estimate of drug-likeness (QED) is 0.515. The van der Waals surface area contributed by atoms with Crippen LogP contribution in [0.2, 0.25) is 0 Å². The molecule has 0 spiro atoms. The van der Waals surface area contributed by atoms with Crippen LogP contribution in [-0.4, -0.2) is 58.5 Å². The first kappa shape index (κ1) is 24.2. The molecule has 0 aliphatic carbocycles. The molecule has 1 aliphatic rings. The fourth-order valence-electron chi connectivity index (χ4n) is 4.24. The molecule has 2 N–H and O–H groups in total. The van der Waals surface area contributed by atoms with Crippen LogP contribution in [0.15, 0.2) is 65.6 Å². The number of rotatable bonds is 8. The Balaban J connectivity index is 1.30. The van der Waals surface area contributed by atoms with Gasteiger partial charge in [0.05, 0.1) is 4.90 Å². The third-order valence-electron chi connectivity index (χ3n) is 6.34. The van der Waals surface area contributed by atoms with Gasteiger partial charge in [-0.1, -0.05) is 37.3 Å². The van der Waals surface area contributed by atoms with Gasteiger partial charge < -0.3 is 15.1 Å². The molecule has 4 rings (SSSR count). The highest BCUT2D eigenvalue weighted by Crippen LogP contribution is 2.24. The summed E-state index contributed by atoms with van der Waals surface area (Å²) in [5.74, 6) is -0.228. The van der Waals surface area contributed by atoms with Crippen LogP contribution in [0.4, 0.5) is 11.4 Å². The topological polar surface area (TPSA) is 81.8 Å². The monoisotopic (exact) mass is 480 g/mol. The van der Waals surface area contributed by atoms with Crippen molar-refractivity contribution < 1.29 is 13.2 Å². The first-order chi connectivity index (χ1) is 16.4. The van der Waals surface area contributed by atoms with Gasteiger partial charge in [-0.2, -0.15) is 0 Å². The highest BCUT2D eigenvalue weighted by atomic mass is 32.2. The molecule has 1 amide bonds. The molecule has 0 saturated carbocycles. The number of hydrogen-bond acceptors (Lipinski definition) is 5. The molecule has 1 aliphatic heterocycles. The molecular formula is C26H32N4O3S. The van der Waals surface area contributed by atoms with Crippen LogP contribution in [0, 0.1) is 6.92 Å². The molecule has 0 unspecified atom stereocenters. The number of piperazine rings is 1. The van der Waals surface area contributed by atoms with Gasteiger partial charge in [-0.05, 0) is 60.1 Å². The van der Waals surface area contributed by atoms with Gasteiger partial charge in [-0.3, -0.25) is 4.79 Å². The number of likely N-dealkylation sites (N-methyl/N-ethyl adjacent to an activating group) is 1. The van der Waals surface area contributed by atoms with E-state index in [1.54, 1.807) is 18.2 Å². The SMILES string of the molecule is CCN1CCN(c2ccc(NC(=O)CCNS(=O)(=O)c3ccc4ccccc4c3)c(C)c2)CC1. The highest BCUT2D eigenvalue weighted by Gasteiger charge is 2.17. The van der Waals surface area contributed by atoms with E-state index in [-0.39, 0.29) is 23.8 Å². The van der Waals surface area contributed by atoms with Gasteiger partial charge in [-0.15, -0.1) is 0 Å². The van der Waals surface area contributed by atoms with Crippen molar-refractivity contribution in [2.24, 2.45) is 0 Å². The van der Waals surface area contributed by atoms with Gasteiger partial charge in [0.15, 0.2) is 0 Å². The average molecular weight is 481 g/mol. The minimum absolute atomic E-state index is 0.0276. The lowest BCUT2D eigenvalue weighted by Gasteiger charge is -2.35. The molecule has 8 heteroatoms. The van der Waals surface area contributed by atoms with Gasteiger partial charge in [0, 0.05) is 50.5 Å². The first-order valence-electron chi connectivity index (χ1n) is 11.7. The third-order valence-corrected chi connectivity index (χ3v) is 7.80.